The van der Waals surface area contributed by atoms with Crippen LogP contribution in [0.1, 0.15) is 0 Å². The molecule has 10 heteroatoms. The molecule has 1 aromatic rings. The van der Waals surface area contributed by atoms with Gasteiger partial charge in [-0.05, 0) is 31.0 Å². The molecule has 28 heavy (non-hydrogen) atoms. The minimum Gasteiger partial charge on any atom is -0.610 e. The van der Waals surface area contributed by atoms with Gasteiger partial charge in [0.2, 0.25) is 5.03 Å². The number of nitrogens with one attached hydrogen (secondary N) is 1. The maximum absolute atomic E-state index is 12.5. The SMILES string of the molecule is C=C(C[S+]([O-])C(=C)Nc1ccc(OC(F)F)cc1N)/C(OC)=C(\C=C/N)OC. The molecular weight excluding hydrogens is 392 g/mol. The number of ether oxygens (including phenoxy) is 3. The Hall–Kier alpha value is -2.85. The highest BCUT2D eigenvalue weighted by molar-refractivity contribution is 7.95. The van der Waals surface area contributed by atoms with Crippen LogP contribution in [0.5, 0.6) is 5.75 Å². The van der Waals surface area contributed by atoms with Crippen molar-refractivity contribution in [1.29, 1.82) is 0 Å². The third kappa shape index (κ3) is 6.71. The number of halogens is 2. The molecule has 0 aliphatic rings. The average molecular weight is 415 g/mol. The van der Waals surface area contributed by atoms with E-state index in [9.17, 15) is 13.3 Å². The monoisotopic (exact) mass is 415 g/mol. The summed E-state index contributed by atoms with van der Waals surface area (Å²) in [6.07, 6.45) is 2.75. The van der Waals surface area contributed by atoms with Crippen LogP contribution in [0.2, 0.25) is 0 Å². The highest BCUT2D eigenvalue weighted by Crippen LogP contribution is 2.28. The fraction of sp³-hybridized carbons (Fsp3) is 0.222. The molecule has 0 aliphatic heterocycles. The van der Waals surface area contributed by atoms with E-state index in [1.807, 2.05) is 0 Å². The topological polar surface area (TPSA) is 115 Å². The van der Waals surface area contributed by atoms with Crippen LogP contribution in [0.15, 0.2) is 65.8 Å². The Balaban J connectivity index is 2.84. The van der Waals surface area contributed by atoms with E-state index in [-0.39, 0.29) is 22.2 Å². The van der Waals surface area contributed by atoms with Crippen molar-refractivity contribution in [3.05, 3.63) is 65.8 Å². The number of anilines is 2. The minimum atomic E-state index is -2.96. The van der Waals surface area contributed by atoms with Crippen molar-refractivity contribution in [2.45, 2.75) is 6.61 Å². The van der Waals surface area contributed by atoms with Crippen LogP contribution in [-0.4, -0.2) is 31.1 Å². The molecule has 0 saturated heterocycles. The molecule has 0 aromatic heterocycles. The van der Waals surface area contributed by atoms with Crippen molar-refractivity contribution < 1.29 is 27.5 Å². The summed E-state index contributed by atoms with van der Waals surface area (Å²) in [5.74, 6) is 0.517. The number of benzene rings is 1. The lowest BCUT2D eigenvalue weighted by molar-refractivity contribution is -0.0497. The van der Waals surface area contributed by atoms with E-state index in [2.05, 4.69) is 23.2 Å². The Morgan fingerprint density at radius 3 is 2.50 bits per heavy atom. The standard InChI is InChI=1S/C18H23F2N3O4S/c1-11(17(26-4)16(25-3)7-8-21)10-28(24)12(2)23-15-6-5-13(9-14(15)22)27-18(19)20/h5-9,18,23H,1-2,10,21-22H2,3-4H3/b8-7-,17-16-. The highest BCUT2D eigenvalue weighted by Gasteiger charge is 2.20. The van der Waals surface area contributed by atoms with Gasteiger partial charge in [0.25, 0.3) is 0 Å². The summed E-state index contributed by atoms with van der Waals surface area (Å²) in [6, 6.07) is 3.94. The van der Waals surface area contributed by atoms with Crippen LogP contribution < -0.4 is 21.5 Å². The second kappa shape index (κ2) is 11.1. The first-order chi connectivity index (χ1) is 13.2. The molecule has 0 aliphatic carbocycles. The van der Waals surface area contributed by atoms with Gasteiger partial charge in [-0.15, -0.1) is 0 Å². The minimum absolute atomic E-state index is 0.00718. The van der Waals surface area contributed by atoms with Gasteiger partial charge < -0.3 is 35.5 Å². The molecule has 0 heterocycles. The molecule has 0 radical (unpaired) electrons. The largest absolute Gasteiger partial charge is 0.610 e. The third-order valence-electron chi connectivity index (χ3n) is 3.32. The van der Waals surface area contributed by atoms with Crippen LogP contribution in [0.25, 0.3) is 0 Å². The number of nitrogen functional groups attached to an aromatic ring is 1. The van der Waals surface area contributed by atoms with Gasteiger partial charge >= 0.3 is 6.61 Å². The summed E-state index contributed by atoms with van der Waals surface area (Å²) < 4.78 is 51.7. The van der Waals surface area contributed by atoms with E-state index in [1.54, 1.807) is 0 Å². The zero-order chi connectivity index (χ0) is 21.3. The molecule has 5 N–H and O–H groups in total. The van der Waals surface area contributed by atoms with Crippen molar-refractivity contribution in [2.24, 2.45) is 5.73 Å². The number of allylic oxidation sites excluding steroid dienone is 2. The smallest absolute Gasteiger partial charge is 0.387 e. The maximum atomic E-state index is 12.5. The van der Waals surface area contributed by atoms with Gasteiger partial charge in [0.05, 0.1) is 25.6 Å². The molecule has 1 rings (SSSR count). The number of hydrogen-bond donors (Lipinski definition) is 3. The Kier molecular flexibility index (Phi) is 9.19. The molecule has 1 atom stereocenters. The van der Waals surface area contributed by atoms with Gasteiger partial charge in [-0.25, -0.2) is 0 Å². The second-order valence-electron chi connectivity index (χ2n) is 5.23. The summed E-state index contributed by atoms with van der Waals surface area (Å²) >= 11 is -1.60. The van der Waals surface area contributed by atoms with Crippen LogP contribution in [-0.2, 0) is 20.6 Å². The average Bonchev–Trinajstić information content (AvgIpc) is 2.63. The molecular formula is C18H23F2N3O4S. The first kappa shape index (κ1) is 23.2. The van der Waals surface area contributed by atoms with E-state index in [0.29, 0.717) is 22.8 Å². The van der Waals surface area contributed by atoms with Crippen LogP contribution in [0, 0.1) is 0 Å². The molecule has 0 spiro atoms. The van der Waals surface area contributed by atoms with Gasteiger partial charge in [-0.2, -0.15) is 8.78 Å². The fourth-order valence-electron chi connectivity index (χ4n) is 2.09. The van der Waals surface area contributed by atoms with Gasteiger partial charge in [0.1, 0.15) is 11.5 Å². The van der Waals surface area contributed by atoms with Gasteiger partial charge in [0, 0.05) is 22.8 Å². The predicted molar refractivity (Wildman–Crippen MR) is 107 cm³/mol. The first-order valence-corrected chi connectivity index (χ1v) is 9.12. The lowest BCUT2D eigenvalue weighted by Crippen LogP contribution is -2.18. The van der Waals surface area contributed by atoms with Crippen molar-refractivity contribution in [3.8, 4) is 5.75 Å². The molecule has 0 amide bonds. The summed E-state index contributed by atoms with van der Waals surface area (Å²) in [4.78, 5) is 0. The molecule has 7 nitrogen and oxygen atoms in total. The Morgan fingerprint density at radius 1 is 1.32 bits per heavy atom. The number of nitrogens with two attached hydrogens (primary N) is 2. The van der Waals surface area contributed by atoms with Crippen molar-refractivity contribution in [3.63, 3.8) is 0 Å². The summed E-state index contributed by atoms with van der Waals surface area (Å²) in [5, 5.41) is 2.93. The van der Waals surface area contributed by atoms with Crippen molar-refractivity contribution in [1.82, 2.24) is 0 Å². The molecule has 0 fully saturated rings. The van der Waals surface area contributed by atoms with E-state index < -0.39 is 17.8 Å². The van der Waals surface area contributed by atoms with Crippen LogP contribution in [0.4, 0.5) is 20.2 Å². The van der Waals surface area contributed by atoms with Gasteiger partial charge in [-0.1, -0.05) is 6.58 Å². The number of hydrogen-bond acceptors (Lipinski definition) is 7. The summed E-state index contributed by atoms with van der Waals surface area (Å²) in [6.45, 7) is 4.61. The third-order valence-corrected chi connectivity index (χ3v) is 4.58. The fourth-order valence-corrected chi connectivity index (χ4v) is 2.94. The van der Waals surface area contributed by atoms with Crippen molar-refractivity contribution in [2.75, 3.05) is 31.0 Å². The van der Waals surface area contributed by atoms with Crippen LogP contribution >= 0.6 is 0 Å². The molecule has 154 valence electrons. The first-order valence-electron chi connectivity index (χ1n) is 7.80. The van der Waals surface area contributed by atoms with Gasteiger partial charge in [-0.3, -0.25) is 0 Å². The summed E-state index contributed by atoms with van der Waals surface area (Å²) in [7, 11) is 2.85. The van der Waals surface area contributed by atoms with E-state index >= 15 is 0 Å². The zero-order valence-electron chi connectivity index (χ0n) is 15.5. The molecule has 1 aromatic carbocycles. The van der Waals surface area contributed by atoms with E-state index in [0.717, 1.165) is 0 Å². The normalized spacial score (nSPS) is 13.1. The van der Waals surface area contributed by atoms with Gasteiger partial charge in [0.15, 0.2) is 11.5 Å². The highest BCUT2D eigenvalue weighted by atomic mass is 32.2. The summed E-state index contributed by atoms with van der Waals surface area (Å²) in [5.41, 5.74) is 12.0. The molecule has 0 saturated carbocycles. The Labute approximate surface area is 165 Å². The second-order valence-corrected chi connectivity index (χ2v) is 6.70. The Morgan fingerprint density at radius 2 is 2.00 bits per heavy atom. The van der Waals surface area contributed by atoms with E-state index in [1.165, 1.54) is 44.7 Å². The maximum Gasteiger partial charge on any atom is 0.387 e. The van der Waals surface area contributed by atoms with E-state index in [4.69, 9.17) is 20.9 Å². The molecule has 1 unspecified atom stereocenters. The zero-order valence-corrected chi connectivity index (χ0v) is 16.4. The number of rotatable bonds is 11. The lowest BCUT2D eigenvalue weighted by Gasteiger charge is -2.18. The quantitative estimate of drug-likeness (QED) is 0.220. The Bertz CT molecular complexity index is 769. The van der Waals surface area contributed by atoms with Crippen LogP contribution in [0.3, 0.4) is 0 Å². The predicted octanol–water partition coefficient (Wildman–Crippen LogP) is 3.04. The number of alkyl halides is 2. The number of methoxy groups -OCH3 is 2. The molecule has 0 bridgehead atoms. The van der Waals surface area contributed by atoms with Crippen molar-refractivity contribution >= 4 is 22.6 Å². The lowest BCUT2D eigenvalue weighted by atomic mass is 10.2.